The van der Waals surface area contributed by atoms with Crippen LogP contribution in [0, 0.1) is 12.3 Å². The molecule has 0 aliphatic carbocycles. The van der Waals surface area contributed by atoms with Gasteiger partial charge < -0.3 is 10.1 Å². The van der Waals surface area contributed by atoms with E-state index in [1.807, 2.05) is 0 Å². The second-order valence-electron chi connectivity index (χ2n) is 5.98. The molecule has 0 amide bonds. The van der Waals surface area contributed by atoms with Crippen LogP contribution in [-0.2, 0) is 17.8 Å². The summed E-state index contributed by atoms with van der Waals surface area (Å²) in [5.74, 6) is 0. The van der Waals surface area contributed by atoms with Crippen molar-refractivity contribution < 1.29 is 4.74 Å². The molecule has 104 valence electrons. The number of nitrogens with one attached hydrogen (secondary N) is 1. The van der Waals surface area contributed by atoms with Crippen LogP contribution in [0.15, 0.2) is 6.20 Å². The van der Waals surface area contributed by atoms with Crippen LogP contribution in [0.5, 0.6) is 0 Å². The normalized spacial score (nSPS) is 12.1. The molecule has 0 aromatic carbocycles. The molecule has 18 heavy (non-hydrogen) atoms. The maximum absolute atomic E-state index is 5.01. The Kier molecular flexibility index (Phi) is 5.82. The van der Waals surface area contributed by atoms with Gasteiger partial charge in [0.2, 0.25) is 0 Å². The highest BCUT2D eigenvalue weighted by atomic mass is 16.5. The van der Waals surface area contributed by atoms with Crippen molar-refractivity contribution in [3.63, 3.8) is 0 Å². The van der Waals surface area contributed by atoms with Crippen molar-refractivity contribution in [3.05, 3.63) is 17.5 Å². The Morgan fingerprint density at radius 1 is 1.39 bits per heavy atom. The van der Waals surface area contributed by atoms with Gasteiger partial charge in [-0.1, -0.05) is 20.8 Å². The van der Waals surface area contributed by atoms with E-state index in [0.29, 0.717) is 5.41 Å². The number of aryl methyl sites for hydroxylation is 2. The molecule has 4 nitrogen and oxygen atoms in total. The SMILES string of the molecule is COCCNCc1cn(CCC(C)(C)C)nc1C. The number of methoxy groups -OCH3 is 1. The van der Waals surface area contributed by atoms with Gasteiger partial charge >= 0.3 is 0 Å². The first-order valence-electron chi connectivity index (χ1n) is 6.65. The predicted octanol–water partition coefficient (Wildman–Crippen LogP) is 2.36. The second kappa shape index (κ2) is 6.90. The monoisotopic (exact) mass is 253 g/mol. The number of hydrogen-bond donors (Lipinski definition) is 1. The third-order valence-electron chi connectivity index (χ3n) is 2.94. The highest BCUT2D eigenvalue weighted by Gasteiger charge is 2.11. The number of rotatable bonds is 7. The van der Waals surface area contributed by atoms with Crippen LogP contribution < -0.4 is 5.32 Å². The Morgan fingerprint density at radius 3 is 2.72 bits per heavy atom. The third kappa shape index (κ3) is 5.65. The van der Waals surface area contributed by atoms with Gasteiger partial charge in [-0.25, -0.2) is 0 Å². The van der Waals surface area contributed by atoms with Crippen molar-refractivity contribution in [1.82, 2.24) is 15.1 Å². The van der Waals surface area contributed by atoms with Gasteiger partial charge in [0, 0.05) is 38.5 Å². The van der Waals surface area contributed by atoms with Crippen LogP contribution >= 0.6 is 0 Å². The molecule has 0 atom stereocenters. The van der Waals surface area contributed by atoms with Crippen molar-refractivity contribution >= 4 is 0 Å². The topological polar surface area (TPSA) is 39.1 Å². The molecule has 0 radical (unpaired) electrons. The van der Waals surface area contributed by atoms with E-state index in [-0.39, 0.29) is 0 Å². The molecule has 0 aliphatic rings. The van der Waals surface area contributed by atoms with Gasteiger partial charge in [-0.15, -0.1) is 0 Å². The van der Waals surface area contributed by atoms with E-state index in [1.165, 1.54) is 5.56 Å². The quantitative estimate of drug-likeness (QED) is 0.758. The van der Waals surface area contributed by atoms with Gasteiger partial charge in [0.05, 0.1) is 12.3 Å². The fourth-order valence-electron chi connectivity index (χ4n) is 1.69. The maximum Gasteiger partial charge on any atom is 0.0638 e. The minimum Gasteiger partial charge on any atom is -0.383 e. The van der Waals surface area contributed by atoms with Crippen molar-refractivity contribution in [1.29, 1.82) is 0 Å². The standard InChI is InChI=1S/C14H27N3O/c1-12-13(10-15-7-9-18-5)11-17(16-12)8-6-14(2,3)4/h11,15H,6-10H2,1-5H3. The summed E-state index contributed by atoms with van der Waals surface area (Å²) in [6.45, 7) is 12.3. The lowest BCUT2D eigenvalue weighted by molar-refractivity contribution is 0.199. The molecule has 1 aromatic heterocycles. The Balaban J connectivity index is 2.43. The first-order chi connectivity index (χ1) is 8.42. The summed E-state index contributed by atoms with van der Waals surface area (Å²) in [5, 5.41) is 7.91. The number of aromatic nitrogens is 2. The Bertz CT molecular complexity index is 352. The van der Waals surface area contributed by atoms with Gasteiger partial charge in [0.15, 0.2) is 0 Å². The molecular formula is C14H27N3O. The minimum atomic E-state index is 0.358. The molecule has 1 aromatic rings. The van der Waals surface area contributed by atoms with E-state index >= 15 is 0 Å². The minimum absolute atomic E-state index is 0.358. The first kappa shape index (κ1) is 15.2. The molecule has 0 bridgehead atoms. The molecule has 0 saturated carbocycles. The zero-order valence-electron chi connectivity index (χ0n) is 12.4. The fourth-order valence-corrected chi connectivity index (χ4v) is 1.69. The number of nitrogens with zero attached hydrogens (tertiary/aromatic N) is 2. The van der Waals surface area contributed by atoms with E-state index < -0.39 is 0 Å². The summed E-state index contributed by atoms with van der Waals surface area (Å²) in [7, 11) is 1.72. The zero-order valence-corrected chi connectivity index (χ0v) is 12.4. The summed E-state index contributed by atoms with van der Waals surface area (Å²) in [6, 6.07) is 0. The van der Waals surface area contributed by atoms with Crippen LogP contribution in [-0.4, -0.2) is 30.0 Å². The van der Waals surface area contributed by atoms with Crippen molar-refractivity contribution in [2.24, 2.45) is 5.41 Å². The molecule has 1 heterocycles. The molecule has 0 spiro atoms. The highest BCUT2D eigenvalue weighted by molar-refractivity contribution is 5.15. The summed E-state index contributed by atoms with van der Waals surface area (Å²) >= 11 is 0. The fraction of sp³-hybridized carbons (Fsp3) is 0.786. The Labute approximate surface area is 111 Å². The summed E-state index contributed by atoms with van der Waals surface area (Å²) in [6.07, 6.45) is 3.30. The Hall–Kier alpha value is -0.870. The first-order valence-corrected chi connectivity index (χ1v) is 6.65. The smallest absolute Gasteiger partial charge is 0.0638 e. The van der Waals surface area contributed by atoms with Crippen molar-refractivity contribution in [3.8, 4) is 0 Å². The van der Waals surface area contributed by atoms with Gasteiger partial charge in [-0.05, 0) is 18.8 Å². The van der Waals surface area contributed by atoms with Crippen LogP contribution in [0.4, 0.5) is 0 Å². The van der Waals surface area contributed by atoms with Crippen molar-refractivity contribution in [2.75, 3.05) is 20.3 Å². The van der Waals surface area contributed by atoms with E-state index in [1.54, 1.807) is 7.11 Å². The lowest BCUT2D eigenvalue weighted by Gasteiger charge is -2.17. The number of ether oxygens (including phenoxy) is 1. The molecule has 0 fully saturated rings. The predicted molar refractivity (Wildman–Crippen MR) is 74.6 cm³/mol. The third-order valence-corrected chi connectivity index (χ3v) is 2.94. The molecule has 4 heteroatoms. The lowest BCUT2D eigenvalue weighted by Crippen LogP contribution is -2.18. The largest absolute Gasteiger partial charge is 0.383 e. The van der Waals surface area contributed by atoms with E-state index in [9.17, 15) is 0 Å². The van der Waals surface area contributed by atoms with Crippen LogP contribution in [0.2, 0.25) is 0 Å². The van der Waals surface area contributed by atoms with Crippen LogP contribution in [0.3, 0.4) is 0 Å². The van der Waals surface area contributed by atoms with Gasteiger partial charge in [-0.2, -0.15) is 5.10 Å². The van der Waals surface area contributed by atoms with Gasteiger partial charge in [0.25, 0.3) is 0 Å². The summed E-state index contributed by atoms with van der Waals surface area (Å²) < 4.78 is 7.07. The second-order valence-corrected chi connectivity index (χ2v) is 5.98. The number of hydrogen-bond acceptors (Lipinski definition) is 3. The molecule has 1 N–H and O–H groups in total. The van der Waals surface area contributed by atoms with E-state index in [0.717, 1.165) is 38.4 Å². The van der Waals surface area contributed by atoms with Gasteiger partial charge in [-0.3, -0.25) is 4.68 Å². The summed E-state index contributed by atoms with van der Waals surface area (Å²) in [5.41, 5.74) is 2.75. The summed E-state index contributed by atoms with van der Waals surface area (Å²) in [4.78, 5) is 0. The Morgan fingerprint density at radius 2 is 2.11 bits per heavy atom. The molecule has 0 unspecified atom stereocenters. The lowest BCUT2D eigenvalue weighted by atomic mass is 9.92. The average Bonchev–Trinajstić information content (AvgIpc) is 2.62. The average molecular weight is 253 g/mol. The van der Waals surface area contributed by atoms with Crippen molar-refractivity contribution in [2.45, 2.75) is 47.2 Å². The van der Waals surface area contributed by atoms with Crippen LogP contribution in [0.25, 0.3) is 0 Å². The highest BCUT2D eigenvalue weighted by Crippen LogP contribution is 2.19. The van der Waals surface area contributed by atoms with E-state index in [2.05, 4.69) is 49.0 Å². The van der Waals surface area contributed by atoms with E-state index in [4.69, 9.17) is 4.74 Å². The zero-order chi connectivity index (χ0) is 13.6. The molecular weight excluding hydrogens is 226 g/mol. The van der Waals surface area contributed by atoms with Gasteiger partial charge in [0.1, 0.15) is 0 Å². The molecule has 1 rings (SSSR count). The molecule has 0 saturated heterocycles. The van der Waals surface area contributed by atoms with Crippen LogP contribution in [0.1, 0.15) is 38.4 Å². The maximum atomic E-state index is 5.01. The molecule has 0 aliphatic heterocycles.